The van der Waals surface area contributed by atoms with Crippen LogP contribution in [0.2, 0.25) is 0 Å². The zero-order chi connectivity index (χ0) is 13.8. The van der Waals surface area contributed by atoms with Crippen LogP contribution in [-0.4, -0.2) is 16.5 Å². The Bertz CT molecular complexity index is 572. The van der Waals surface area contributed by atoms with Crippen molar-refractivity contribution in [3.63, 3.8) is 0 Å². The van der Waals surface area contributed by atoms with Gasteiger partial charge in [0.15, 0.2) is 0 Å². The van der Waals surface area contributed by atoms with Gasteiger partial charge in [-0.05, 0) is 11.6 Å². The number of carbonyl (C=O) groups excluding carboxylic acids is 1. The van der Waals surface area contributed by atoms with Crippen molar-refractivity contribution in [3.05, 3.63) is 36.0 Å². The molecular weight excluding hydrogens is 238 g/mol. The standard InChI is InChI=1S/C15H21N3O/c1-11(2)17-9-12-10-18(8-7-15(16)19)14-6-4-3-5-13(12)14/h3-6,10-11,17H,7-9H2,1-2H3,(H2,16,19). The highest BCUT2D eigenvalue weighted by Gasteiger charge is 2.08. The first kappa shape index (κ1) is 13.6. The molecular formula is C15H21N3O. The van der Waals surface area contributed by atoms with Gasteiger partial charge in [-0.15, -0.1) is 0 Å². The lowest BCUT2D eigenvalue weighted by atomic mass is 10.1. The minimum absolute atomic E-state index is 0.264. The van der Waals surface area contributed by atoms with Gasteiger partial charge in [0.2, 0.25) is 5.91 Å². The van der Waals surface area contributed by atoms with Crippen molar-refractivity contribution in [2.75, 3.05) is 0 Å². The monoisotopic (exact) mass is 259 g/mol. The van der Waals surface area contributed by atoms with Gasteiger partial charge in [0.05, 0.1) is 0 Å². The number of primary amides is 1. The number of hydrogen-bond donors (Lipinski definition) is 2. The Kier molecular flexibility index (Phi) is 4.22. The number of benzene rings is 1. The minimum Gasteiger partial charge on any atom is -0.370 e. The maximum Gasteiger partial charge on any atom is 0.219 e. The third-order valence-electron chi connectivity index (χ3n) is 3.17. The average Bonchev–Trinajstić information content (AvgIpc) is 2.72. The number of aromatic nitrogens is 1. The number of rotatable bonds is 6. The second kappa shape index (κ2) is 5.89. The van der Waals surface area contributed by atoms with Gasteiger partial charge in [0.1, 0.15) is 0 Å². The first-order chi connectivity index (χ1) is 9.08. The first-order valence-electron chi connectivity index (χ1n) is 6.66. The number of nitrogens with one attached hydrogen (secondary N) is 1. The van der Waals surface area contributed by atoms with Crippen LogP contribution in [-0.2, 0) is 17.9 Å². The fourth-order valence-corrected chi connectivity index (χ4v) is 2.19. The molecule has 0 fully saturated rings. The van der Waals surface area contributed by atoms with E-state index in [1.165, 1.54) is 10.9 Å². The lowest BCUT2D eigenvalue weighted by Gasteiger charge is -2.06. The molecule has 102 valence electrons. The number of fused-ring (bicyclic) bond motifs is 1. The minimum atomic E-state index is -0.264. The summed E-state index contributed by atoms with van der Waals surface area (Å²) >= 11 is 0. The molecule has 0 aliphatic carbocycles. The van der Waals surface area contributed by atoms with E-state index in [0.717, 1.165) is 12.1 Å². The van der Waals surface area contributed by atoms with Gasteiger partial charge >= 0.3 is 0 Å². The lowest BCUT2D eigenvalue weighted by molar-refractivity contribution is -0.118. The summed E-state index contributed by atoms with van der Waals surface area (Å²) in [5, 5.41) is 4.66. The van der Waals surface area contributed by atoms with Gasteiger partial charge in [-0.25, -0.2) is 0 Å². The van der Waals surface area contributed by atoms with Crippen molar-refractivity contribution in [2.24, 2.45) is 5.73 Å². The van der Waals surface area contributed by atoms with Crippen molar-refractivity contribution in [2.45, 2.75) is 39.4 Å². The predicted octanol–water partition coefficient (Wildman–Crippen LogP) is 2.01. The lowest BCUT2D eigenvalue weighted by Crippen LogP contribution is -2.21. The summed E-state index contributed by atoms with van der Waals surface area (Å²) in [5.74, 6) is -0.264. The highest BCUT2D eigenvalue weighted by molar-refractivity contribution is 5.84. The van der Waals surface area contributed by atoms with Crippen LogP contribution in [0, 0.1) is 0 Å². The van der Waals surface area contributed by atoms with Crippen LogP contribution in [0.4, 0.5) is 0 Å². The van der Waals surface area contributed by atoms with Crippen LogP contribution in [0.25, 0.3) is 10.9 Å². The van der Waals surface area contributed by atoms with Gasteiger partial charge in [-0.3, -0.25) is 4.79 Å². The highest BCUT2D eigenvalue weighted by Crippen LogP contribution is 2.21. The molecule has 1 aromatic heterocycles. The zero-order valence-electron chi connectivity index (χ0n) is 11.5. The molecule has 1 heterocycles. The average molecular weight is 259 g/mol. The van der Waals surface area contributed by atoms with Gasteiger partial charge in [0, 0.05) is 42.7 Å². The fraction of sp³-hybridized carbons (Fsp3) is 0.400. The molecule has 0 bridgehead atoms. The number of nitrogens with two attached hydrogens (primary N) is 1. The molecule has 1 amide bonds. The predicted molar refractivity (Wildman–Crippen MR) is 77.7 cm³/mol. The summed E-state index contributed by atoms with van der Waals surface area (Å²) in [6, 6.07) is 8.71. The van der Waals surface area contributed by atoms with Gasteiger partial charge in [0.25, 0.3) is 0 Å². The number of aryl methyl sites for hydroxylation is 1. The molecule has 0 saturated carbocycles. The Morgan fingerprint density at radius 2 is 2.11 bits per heavy atom. The molecule has 2 aromatic rings. The summed E-state index contributed by atoms with van der Waals surface area (Å²) in [6.45, 7) is 5.73. The van der Waals surface area contributed by atoms with E-state index in [1.54, 1.807) is 0 Å². The molecule has 19 heavy (non-hydrogen) atoms. The Balaban J connectivity index is 2.28. The van der Waals surface area contributed by atoms with E-state index in [0.29, 0.717) is 19.0 Å². The van der Waals surface area contributed by atoms with Crippen molar-refractivity contribution < 1.29 is 4.79 Å². The molecule has 0 unspecified atom stereocenters. The normalized spacial score (nSPS) is 11.3. The Morgan fingerprint density at radius 3 is 2.79 bits per heavy atom. The van der Waals surface area contributed by atoms with Crippen LogP contribution in [0.3, 0.4) is 0 Å². The quantitative estimate of drug-likeness (QED) is 0.833. The van der Waals surface area contributed by atoms with E-state index < -0.39 is 0 Å². The van der Waals surface area contributed by atoms with Crippen LogP contribution in [0.1, 0.15) is 25.8 Å². The van der Waals surface area contributed by atoms with Crippen molar-refractivity contribution >= 4 is 16.8 Å². The number of carbonyl (C=O) groups is 1. The molecule has 2 rings (SSSR count). The summed E-state index contributed by atoms with van der Waals surface area (Å²) in [6.07, 6.45) is 2.48. The molecule has 0 spiro atoms. The van der Waals surface area contributed by atoms with Crippen LogP contribution in [0.5, 0.6) is 0 Å². The zero-order valence-corrected chi connectivity index (χ0v) is 11.5. The fourth-order valence-electron chi connectivity index (χ4n) is 2.19. The molecule has 1 aromatic carbocycles. The number of amides is 1. The molecule has 0 aliphatic rings. The first-order valence-corrected chi connectivity index (χ1v) is 6.66. The Morgan fingerprint density at radius 1 is 1.37 bits per heavy atom. The van der Waals surface area contributed by atoms with Crippen molar-refractivity contribution in [3.8, 4) is 0 Å². The van der Waals surface area contributed by atoms with Crippen molar-refractivity contribution in [1.82, 2.24) is 9.88 Å². The number of nitrogens with zero attached hydrogens (tertiary/aromatic N) is 1. The third kappa shape index (κ3) is 3.35. The number of hydrogen-bond acceptors (Lipinski definition) is 2. The molecule has 4 heteroatoms. The summed E-state index contributed by atoms with van der Waals surface area (Å²) in [4.78, 5) is 10.9. The van der Waals surface area contributed by atoms with E-state index in [2.05, 4.69) is 42.1 Å². The van der Waals surface area contributed by atoms with E-state index in [9.17, 15) is 4.79 Å². The largest absolute Gasteiger partial charge is 0.370 e. The molecule has 0 saturated heterocycles. The molecule has 0 atom stereocenters. The van der Waals surface area contributed by atoms with Crippen LogP contribution < -0.4 is 11.1 Å². The molecule has 4 nitrogen and oxygen atoms in total. The maximum absolute atomic E-state index is 10.9. The second-order valence-corrected chi connectivity index (χ2v) is 5.12. The SMILES string of the molecule is CC(C)NCc1cn(CCC(N)=O)c2ccccc12. The van der Waals surface area contributed by atoms with E-state index >= 15 is 0 Å². The molecule has 0 radical (unpaired) electrons. The van der Waals surface area contributed by atoms with E-state index in [1.807, 2.05) is 12.1 Å². The van der Waals surface area contributed by atoms with Crippen LogP contribution >= 0.6 is 0 Å². The third-order valence-corrected chi connectivity index (χ3v) is 3.17. The van der Waals surface area contributed by atoms with Crippen molar-refractivity contribution in [1.29, 1.82) is 0 Å². The Labute approximate surface area is 113 Å². The molecule has 3 N–H and O–H groups in total. The Hall–Kier alpha value is -1.81. The van der Waals surface area contributed by atoms with Gasteiger partial charge < -0.3 is 15.6 Å². The maximum atomic E-state index is 10.9. The summed E-state index contributed by atoms with van der Waals surface area (Å²) < 4.78 is 2.11. The topological polar surface area (TPSA) is 60.1 Å². The van der Waals surface area contributed by atoms with Gasteiger partial charge in [-0.2, -0.15) is 0 Å². The van der Waals surface area contributed by atoms with Crippen LogP contribution in [0.15, 0.2) is 30.5 Å². The summed E-state index contributed by atoms with van der Waals surface area (Å²) in [7, 11) is 0. The smallest absolute Gasteiger partial charge is 0.219 e. The molecule has 0 aliphatic heterocycles. The number of para-hydroxylation sites is 1. The van der Waals surface area contributed by atoms with Gasteiger partial charge in [-0.1, -0.05) is 32.0 Å². The highest BCUT2D eigenvalue weighted by atomic mass is 16.1. The second-order valence-electron chi connectivity index (χ2n) is 5.12. The summed E-state index contributed by atoms with van der Waals surface area (Å²) in [5.41, 5.74) is 7.64. The van der Waals surface area contributed by atoms with E-state index in [4.69, 9.17) is 5.73 Å². The van der Waals surface area contributed by atoms with E-state index in [-0.39, 0.29) is 5.91 Å².